The van der Waals surface area contributed by atoms with Crippen molar-refractivity contribution in [2.75, 3.05) is 5.32 Å². The third-order valence-electron chi connectivity index (χ3n) is 2.61. The van der Waals surface area contributed by atoms with Gasteiger partial charge in [-0.2, -0.15) is 0 Å². The first-order valence-electron chi connectivity index (χ1n) is 5.78. The topological polar surface area (TPSA) is 68.3 Å². The molecule has 0 bridgehead atoms. The zero-order valence-electron chi connectivity index (χ0n) is 10.2. The second-order valence-electron chi connectivity index (χ2n) is 3.97. The minimum absolute atomic E-state index is 0.0733. The Morgan fingerprint density at radius 2 is 2.10 bits per heavy atom. The summed E-state index contributed by atoms with van der Waals surface area (Å²) < 4.78 is 23.4. The number of nitrogens with one attached hydrogen (secondary N) is 1. The molecule has 100 valence electrons. The van der Waals surface area contributed by atoms with Crippen LogP contribution in [0.1, 0.15) is 10.5 Å². The second-order valence-corrected chi connectivity index (χ2v) is 3.97. The minimum Gasteiger partial charge on any atom is -0.461 e. The summed E-state index contributed by atoms with van der Waals surface area (Å²) in [4.78, 5) is 16.0. The normalized spacial score (nSPS) is 10.4. The van der Waals surface area contributed by atoms with Crippen molar-refractivity contribution in [2.45, 2.75) is 0 Å². The number of carbonyl (C=O) groups excluding carboxylic acids is 1. The van der Waals surface area contributed by atoms with E-state index >= 15 is 0 Å². The van der Waals surface area contributed by atoms with E-state index in [1.807, 2.05) is 0 Å². The molecule has 1 N–H and O–H groups in total. The molecular formula is C14H9FN2O3. The highest BCUT2D eigenvalue weighted by Gasteiger charge is 2.20. The number of carbonyl (C=O) groups is 1. The van der Waals surface area contributed by atoms with Gasteiger partial charge in [-0.05, 0) is 30.3 Å². The molecule has 3 aromatic rings. The zero-order chi connectivity index (χ0) is 13.9. The number of furan rings is 1. The third-order valence-corrected chi connectivity index (χ3v) is 2.61. The van der Waals surface area contributed by atoms with Crippen molar-refractivity contribution in [3.05, 3.63) is 60.6 Å². The maximum absolute atomic E-state index is 13.1. The Morgan fingerprint density at radius 1 is 1.20 bits per heavy atom. The van der Waals surface area contributed by atoms with Gasteiger partial charge in [-0.25, -0.2) is 9.37 Å². The van der Waals surface area contributed by atoms with Crippen molar-refractivity contribution in [1.82, 2.24) is 4.98 Å². The molecule has 20 heavy (non-hydrogen) atoms. The molecule has 0 fully saturated rings. The highest BCUT2D eigenvalue weighted by atomic mass is 19.1. The van der Waals surface area contributed by atoms with E-state index in [0.29, 0.717) is 11.4 Å². The monoisotopic (exact) mass is 272 g/mol. The fourth-order valence-corrected chi connectivity index (χ4v) is 1.75. The quantitative estimate of drug-likeness (QED) is 0.794. The number of amides is 1. The molecule has 3 rings (SSSR count). The van der Waals surface area contributed by atoms with E-state index in [0.717, 1.165) is 6.39 Å². The van der Waals surface area contributed by atoms with Crippen LogP contribution in [0.15, 0.2) is 57.9 Å². The van der Waals surface area contributed by atoms with Crippen molar-refractivity contribution in [3.8, 4) is 11.5 Å². The minimum atomic E-state index is -0.504. The Morgan fingerprint density at radius 3 is 2.85 bits per heavy atom. The number of anilines is 1. The van der Waals surface area contributed by atoms with Crippen molar-refractivity contribution in [2.24, 2.45) is 0 Å². The molecule has 6 heteroatoms. The van der Waals surface area contributed by atoms with Crippen molar-refractivity contribution >= 4 is 11.6 Å². The molecule has 0 aliphatic heterocycles. The van der Waals surface area contributed by atoms with Gasteiger partial charge in [-0.15, -0.1) is 0 Å². The van der Waals surface area contributed by atoms with Crippen molar-refractivity contribution in [3.63, 3.8) is 0 Å². The number of hydrogen-bond acceptors (Lipinski definition) is 4. The molecule has 0 radical (unpaired) electrons. The van der Waals surface area contributed by atoms with Gasteiger partial charge in [0.25, 0.3) is 5.91 Å². The Kier molecular flexibility index (Phi) is 3.04. The first-order valence-corrected chi connectivity index (χ1v) is 5.78. The SMILES string of the molecule is O=C(Nc1cccc(F)c1)c1ncoc1-c1ccco1. The molecule has 0 unspecified atom stereocenters. The summed E-state index contributed by atoms with van der Waals surface area (Å²) in [5.41, 5.74) is 0.410. The highest BCUT2D eigenvalue weighted by Crippen LogP contribution is 2.24. The van der Waals surface area contributed by atoms with Crippen molar-refractivity contribution in [1.29, 1.82) is 0 Å². The molecule has 1 aromatic carbocycles. The van der Waals surface area contributed by atoms with Crippen molar-refractivity contribution < 1.29 is 18.0 Å². The molecule has 0 spiro atoms. The number of nitrogens with zero attached hydrogens (tertiary/aromatic N) is 1. The number of aromatic nitrogens is 1. The number of rotatable bonds is 3. The summed E-state index contributed by atoms with van der Waals surface area (Å²) in [5, 5.41) is 2.54. The molecule has 0 saturated heterocycles. The van der Waals surface area contributed by atoms with Gasteiger partial charge in [-0.1, -0.05) is 6.07 Å². The lowest BCUT2D eigenvalue weighted by molar-refractivity contribution is 0.102. The number of hydrogen-bond donors (Lipinski definition) is 1. The van der Waals surface area contributed by atoms with E-state index in [1.54, 1.807) is 18.2 Å². The van der Waals surface area contributed by atoms with E-state index in [2.05, 4.69) is 10.3 Å². The van der Waals surface area contributed by atoms with Gasteiger partial charge in [0.1, 0.15) is 5.82 Å². The summed E-state index contributed by atoms with van der Waals surface area (Å²) in [6, 6.07) is 8.91. The lowest BCUT2D eigenvalue weighted by atomic mass is 10.2. The average Bonchev–Trinajstić information content (AvgIpc) is 3.09. The second kappa shape index (κ2) is 5.00. The molecular weight excluding hydrogens is 263 g/mol. The van der Waals surface area contributed by atoms with Crippen LogP contribution in [0.25, 0.3) is 11.5 Å². The zero-order valence-corrected chi connectivity index (χ0v) is 10.2. The van der Waals surface area contributed by atoms with Crippen LogP contribution < -0.4 is 5.32 Å². The average molecular weight is 272 g/mol. The summed E-state index contributed by atoms with van der Waals surface area (Å²) in [6.07, 6.45) is 2.62. The standard InChI is InChI=1S/C14H9FN2O3/c15-9-3-1-4-10(7-9)17-14(18)12-13(20-8-16-12)11-5-2-6-19-11/h1-8H,(H,17,18). The van der Waals surface area contributed by atoms with E-state index in [4.69, 9.17) is 8.83 Å². The first-order chi connectivity index (χ1) is 9.74. The number of oxazole rings is 1. The van der Waals surface area contributed by atoms with Gasteiger partial charge in [0.15, 0.2) is 17.8 Å². The molecule has 0 saturated carbocycles. The summed E-state index contributed by atoms with van der Waals surface area (Å²) in [5.74, 6) is -0.319. The Bertz CT molecular complexity index is 734. The van der Waals surface area contributed by atoms with Crippen LogP contribution in [0.5, 0.6) is 0 Å². The maximum atomic E-state index is 13.1. The highest BCUT2D eigenvalue weighted by molar-refractivity contribution is 6.06. The van der Waals surface area contributed by atoms with E-state index in [-0.39, 0.29) is 11.5 Å². The summed E-state index contributed by atoms with van der Waals surface area (Å²) >= 11 is 0. The van der Waals surface area contributed by atoms with Crippen LogP contribution >= 0.6 is 0 Å². The fourth-order valence-electron chi connectivity index (χ4n) is 1.75. The van der Waals surface area contributed by atoms with Gasteiger partial charge in [0, 0.05) is 5.69 Å². The molecule has 1 amide bonds. The van der Waals surface area contributed by atoms with E-state index < -0.39 is 11.7 Å². The largest absolute Gasteiger partial charge is 0.461 e. The van der Waals surface area contributed by atoms with E-state index in [9.17, 15) is 9.18 Å². The molecule has 2 heterocycles. The Balaban J connectivity index is 1.87. The van der Waals surface area contributed by atoms with Gasteiger partial charge in [0.05, 0.1) is 6.26 Å². The molecule has 0 atom stereocenters. The predicted octanol–water partition coefficient (Wildman–Crippen LogP) is 3.33. The lowest BCUT2D eigenvalue weighted by Crippen LogP contribution is -2.13. The Hall–Kier alpha value is -2.89. The smallest absolute Gasteiger partial charge is 0.278 e. The van der Waals surface area contributed by atoms with Gasteiger partial charge in [-0.3, -0.25) is 4.79 Å². The first kappa shape index (κ1) is 12.2. The van der Waals surface area contributed by atoms with Crippen LogP contribution in [0.2, 0.25) is 0 Å². The molecule has 5 nitrogen and oxygen atoms in total. The number of benzene rings is 1. The molecule has 0 aliphatic rings. The van der Waals surface area contributed by atoms with Crippen LogP contribution in [0, 0.1) is 5.82 Å². The summed E-state index contributed by atoms with van der Waals surface area (Å²) in [6.45, 7) is 0. The van der Waals surface area contributed by atoms with Crippen LogP contribution in [-0.2, 0) is 0 Å². The summed E-state index contributed by atoms with van der Waals surface area (Å²) in [7, 11) is 0. The van der Waals surface area contributed by atoms with Gasteiger partial charge < -0.3 is 14.2 Å². The fraction of sp³-hybridized carbons (Fsp3) is 0. The molecule has 0 aliphatic carbocycles. The van der Waals surface area contributed by atoms with Crippen LogP contribution in [0.4, 0.5) is 10.1 Å². The van der Waals surface area contributed by atoms with E-state index in [1.165, 1.54) is 24.5 Å². The van der Waals surface area contributed by atoms with Gasteiger partial charge >= 0.3 is 0 Å². The number of halogens is 1. The Labute approximate surface area is 113 Å². The maximum Gasteiger partial charge on any atom is 0.278 e. The van der Waals surface area contributed by atoms with Gasteiger partial charge in [0.2, 0.25) is 5.76 Å². The third kappa shape index (κ3) is 2.31. The molecule has 2 aromatic heterocycles. The lowest BCUT2D eigenvalue weighted by Gasteiger charge is -2.03. The predicted molar refractivity (Wildman–Crippen MR) is 68.6 cm³/mol. The van der Waals surface area contributed by atoms with Crippen LogP contribution in [0.3, 0.4) is 0 Å². The van der Waals surface area contributed by atoms with Crippen LogP contribution in [-0.4, -0.2) is 10.9 Å².